The van der Waals surface area contributed by atoms with E-state index in [0.29, 0.717) is 12.1 Å². The lowest BCUT2D eigenvalue weighted by Crippen LogP contribution is -2.36. The van der Waals surface area contributed by atoms with Crippen molar-refractivity contribution >= 4 is 0 Å². The molecule has 1 fully saturated rings. The predicted octanol–water partition coefficient (Wildman–Crippen LogP) is 1.92. The third-order valence-corrected chi connectivity index (χ3v) is 3.45. The molecule has 0 amide bonds. The van der Waals surface area contributed by atoms with E-state index in [-0.39, 0.29) is 0 Å². The first-order chi connectivity index (χ1) is 7.16. The van der Waals surface area contributed by atoms with Crippen molar-refractivity contribution in [3.8, 4) is 0 Å². The Morgan fingerprint density at radius 3 is 2.53 bits per heavy atom. The molecule has 2 nitrogen and oxygen atoms in total. The Morgan fingerprint density at radius 2 is 2.00 bits per heavy atom. The maximum Gasteiger partial charge on any atom is 0.0237 e. The Hall–Kier alpha value is -0.860. The van der Waals surface area contributed by atoms with E-state index in [1.54, 1.807) is 0 Å². The van der Waals surface area contributed by atoms with Crippen LogP contribution in [0.1, 0.15) is 24.5 Å². The summed E-state index contributed by atoms with van der Waals surface area (Å²) in [4.78, 5) is 2.47. The van der Waals surface area contributed by atoms with Crippen LogP contribution >= 0.6 is 0 Å². The van der Waals surface area contributed by atoms with E-state index in [4.69, 9.17) is 5.73 Å². The van der Waals surface area contributed by atoms with E-state index in [1.807, 2.05) is 0 Å². The van der Waals surface area contributed by atoms with Crippen LogP contribution in [-0.4, -0.2) is 23.5 Å². The summed E-state index contributed by atoms with van der Waals surface area (Å²) in [5.41, 5.74) is 8.72. The highest BCUT2D eigenvalue weighted by atomic mass is 15.2. The zero-order chi connectivity index (χ0) is 10.8. The Balaban J connectivity index is 2.00. The Bertz CT molecular complexity index is 318. The summed E-state index contributed by atoms with van der Waals surface area (Å²) in [6.45, 7) is 6.52. The topological polar surface area (TPSA) is 29.3 Å². The van der Waals surface area contributed by atoms with Crippen LogP contribution in [0.15, 0.2) is 24.3 Å². The van der Waals surface area contributed by atoms with Gasteiger partial charge in [-0.1, -0.05) is 29.8 Å². The van der Waals surface area contributed by atoms with Crippen molar-refractivity contribution in [3.05, 3.63) is 35.4 Å². The van der Waals surface area contributed by atoms with E-state index in [0.717, 1.165) is 19.5 Å². The van der Waals surface area contributed by atoms with Crippen molar-refractivity contribution < 1.29 is 0 Å². The highest BCUT2D eigenvalue weighted by molar-refractivity contribution is 5.21. The van der Waals surface area contributed by atoms with Gasteiger partial charge in [-0.05, 0) is 25.8 Å². The van der Waals surface area contributed by atoms with E-state index in [9.17, 15) is 0 Å². The first-order valence-corrected chi connectivity index (χ1v) is 5.72. The van der Waals surface area contributed by atoms with Gasteiger partial charge < -0.3 is 5.73 Å². The molecule has 0 saturated carbocycles. The van der Waals surface area contributed by atoms with Crippen LogP contribution < -0.4 is 5.73 Å². The number of nitrogens with two attached hydrogens (primary N) is 1. The Morgan fingerprint density at radius 1 is 1.33 bits per heavy atom. The number of rotatable bonds is 2. The molecule has 15 heavy (non-hydrogen) atoms. The van der Waals surface area contributed by atoms with Crippen molar-refractivity contribution in [1.29, 1.82) is 0 Å². The van der Waals surface area contributed by atoms with E-state index < -0.39 is 0 Å². The zero-order valence-corrected chi connectivity index (χ0v) is 9.61. The van der Waals surface area contributed by atoms with E-state index in [2.05, 4.69) is 43.0 Å². The summed E-state index contributed by atoms with van der Waals surface area (Å²) in [7, 11) is 0. The van der Waals surface area contributed by atoms with Crippen molar-refractivity contribution in [2.45, 2.75) is 38.9 Å². The molecule has 0 radical (unpaired) electrons. The Kier molecular flexibility index (Phi) is 3.08. The van der Waals surface area contributed by atoms with Gasteiger partial charge in [0.1, 0.15) is 0 Å². The molecule has 2 N–H and O–H groups in total. The van der Waals surface area contributed by atoms with Gasteiger partial charge in [-0.25, -0.2) is 0 Å². The van der Waals surface area contributed by atoms with Crippen LogP contribution in [0.2, 0.25) is 0 Å². The highest BCUT2D eigenvalue weighted by Crippen LogP contribution is 2.18. The van der Waals surface area contributed by atoms with Crippen molar-refractivity contribution in [1.82, 2.24) is 4.90 Å². The van der Waals surface area contributed by atoms with Crippen molar-refractivity contribution in [2.75, 3.05) is 6.54 Å². The number of benzene rings is 1. The van der Waals surface area contributed by atoms with Gasteiger partial charge in [0.2, 0.25) is 0 Å². The number of hydrogen-bond donors (Lipinski definition) is 1. The summed E-state index contributed by atoms with van der Waals surface area (Å²) in [6.07, 6.45) is 1.13. The van der Waals surface area contributed by atoms with E-state index >= 15 is 0 Å². The summed E-state index contributed by atoms with van der Waals surface area (Å²) < 4.78 is 0. The number of hydrogen-bond acceptors (Lipinski definition) is 2. The van der Waals surface area contributed by atoms with E-state index in [1.165, 1.54) is 11.1 Å². The van der Waals surface area contributed by atoms with Gasteiger partial charge in [0.05, 0.1) is 0 Å². The van der Waals surface area contributed by atoms with Gasteiger partial charge in [0.25, 0.3) is 0 Å². The molecule has 1 aliphatic heterocycles. The van der Waals surface area contributed by atoms with Crippen LogP contribution in [0.4, 0.5) is 0 Å². The van der Waals surface area contributed by atoms with Gasteiger partial charge in [-0.2, -0.15) is 0 Å². The normalized spacial score (nSPS) is 27.1. The summed E-state index contributed by atoms with van der Waals surface area (Å²) in [5.74, 6) is 0. The monoisotopic (exact) mass is 204 g/mol. The fraction of sp³-hybridized carbons (Fsp3) is 0.538. The largest absolute Gasteiger partial charge is 0.326 e. The second kappa shape index (κ2) is 4.33. The minimum absolute atomic E-state index is 0.357. The third-order valence-electron chi connectivity index (χ3n) is 3.45. The first-order valence-electron chi connectivity index (χ1n) is 5.72. The molecule has 2 rings (SSSR count). The van der Waals surface area contributed by atoms with Gasteiger partial charge in [0.15, 0.2) is 0 Å². The minimum Gasteiger partial charge on any atom is -0.326 e. The molecular formula is C13H20N2. The predicted molar refractivity (Wildman–Crippen MR) is 63.6 cm³/mol. The summed E-state index contributed by atoms with van der Waals surface area (Å²) in [6, 6.07) is 9.66. The quantitative estimate of drug-likeness (QED) is 0.797. The number of likely N-dealkylation sites (tertiary alicyclic amines) is 1. The van der Waals surface area contributed by atoms with Gasteiger partial charge >= 0.3 is 0 Å². The molecule has 0 bridgehead atoms. The molecule has 2 unspecified atom stereocenters. The molecule has 1 aromatic rings. The molecular weight excluding hydrogens is 184 g/mol. The molecule has 1 aromatic carbocycles. The molecule has 1 heterocycles. The number of nitrogens with zero attached hydrogens (tertiary/aromatic N) is 1. The fourth-order valence-corrected chi connectivity index (χ4v) is 2.18. The second-order valence-corrected chi connectivity index (χ2v) is 4.65. The maximum atomic E-state index is 6.00. The second-order valence-electron chi connectivity index (χ2n) is 4.65. The lowest BCUT2D eigenvalue weighted by molar-refractivity contribution is 0.251. The molecule has 1 saturated heterocycles. The standard InChI is InChI=1S/C13H20N2/c1-10-3-5-12(6-4-10)9-15-8-7-13(14)11(15)2/h3-6,11,13H,7-9,14H2,1-2H3. The van der Waals surface area contributed by atoms with Crippen LogP contribution in [-0.2, 0) is 6.54 Å². The smallest absolute Gasteiger partial charge is 0.0237 e. The molecule has 2 atom stereocenters. The van der Waals surface area contributed by atoms with Crippen molar-refractivity contribution in [2.24, 2.45) is 5.73 Å². The van der Waals surface area contributed by atoms with Crippen LogP contribution in [0.5, 0.6) is 0 Å². The average molecular weight is 204 g/mol. The summed E-state index contributed by atoms with van der Waals surface area (Å²) >= 11 is 0. The molecule has 0 aromatic heterocycles. The molecule has 82 valence electrons. The first kappa shape index (κ1) is 10.7. The Labute approximate surface area is 92.1 Å². The zero-order valence-electron chi connectivity index (χ0n) is 9.61. The lowest BCUT2D eigenvalue weighted by Gasteiger charge is -2.22. The van der Waals surface area contributed by atoms with Crippen molar-refractivity contribution in [3.63, 3.8) is 0 Å². The number of aryl methyl sites for hydroxylation is 1. The average Bonchev–Trinajstić information content (AvgIpc) is 2.53. The molecule has 2 heteroatoms. The SMILES string of the molecule is Cc1ccc(CN2CCC(N)C2C)cc1. The maximum absolute atomic E-state index is 6.00. The highest BCUT2D eigenvalue weighted by Gasteiger charge is 2.27. The third kappa shape index (κ3) is 2.39. The van der Waals surface area contributed by atoms with Gasteiger partial charge in [-0.15, -0.1) is 0 Å². The lowest BCUT2D eigenvalue weighted by atomic mass is 10.1. The molecule has 0 spiro atoms. The van der Waals surface area contributed by atoms with Crippen LogP contribution in [0, 0.1) is 6.92 Å². The van der Waals surface area contributed by atoms with Gasteiger partial charge in [0, 0.05) is 25.2 Å². The molecule has 1 aliphatic rings. The van der Waals surface area contributed by atoms with Gasteiger partial charge in [-0.3, -0.25) is 4.90 Å². The minimum atomic E-state index is 0.357. The van der Waals surface area contributed by atoms with Crippen LogP contribution in [0.3, 0.4) is 0 Å². The van der Waals surface area contributed by atoms with Crippen LogP contribution in [0.25, 0.3) is 0 Å². The molecule has 0 aliphatic carbocycles. The fourth-order valence-electron chi connectivity index (χ4n) is 2.18. The summed E-state index contributed by atoms with van der Waals surface area (Å²) in [5, 5.41) is 0.